The molecular weight excluding hydrogens is 314 g/mol. The van der Waals surface area contributed by atoms with Gasteiger partial charge < -0.3 is 9.64 Å². The summed E-state index contributed by atoms with van der Waals surface area (Å²) in [4.78, 5) is 2.44. The van der Waals surface area contributed by atoms with E-state index < -0.39 is 0 Å². The molecule has 0 spiro atoms. The third-order valence-electron chi connectivity index (χ3n) is 5.01. The summed E-state index contributed by atoms with van der Waals surface area (Å²) >= 11 is 0. The normalized spacial score (nSPS) is 21.6. The van der Waals surface area contributed by atoms with Gasteiger partial charge in [0.25, 0.3) is 0 Å². The van der Waals surface area contributed by atoms with Crippen LogP contribution in [0.3, 0.4) is 0 Å². The van der Waals surface area contributed by atoms with Gasteiger partial charge in [-0.1, -0.05) is 47.5 Å². The molecule has 3 heterocycles. The quantitative estimate of drug-likeness (QED) is 0.799. The Balaban J connectivity index is 1.95. The molecule has 0 bridgehead atoms. The Kier molecular flexibility index (Phi) is 5.57. The number of rotatable bonds is 6. The van der Waals surface area contributed by atoms with Crippen LogP contribution in [0.2, 0.25) is 0 Å². The predicted octanol–water partition coefficient (Wildman–Crippen LogP) is 3.67. The van der Waals surface area contributed by atoms with Gasteiger partial charge in [0, 0.05) is 13.1 Å². The van der Waals surface area contributed by atoms with Gasteiger partial charge in [-0.15, -0.1) is 10.2 Å². The fraction of sp³-hybridized carbons (Fsp3) is 0.737. The van der Waals surface area contributed by atoms with Gasteiger partial charge >= 0.3 is 0 Å². The average molecular weight is 345 g/mol. The van der Waals surface area contributed by atoms with Crippen LogP contribution in [0.4, 0.5) is 5.69 Å². The van der Waals surface area contributed by atoms with Gasteiger partial charge in [0.1, 0.15) is 6.33 Å². The number of aromatic nitrogens is 4. The van der Waals surface area contributed by atoms with Crippen molar-refractivity contribution in [3.05, 3.63) is 18.1 Å². The van der Waals surface area contributed by atoms with E-state index in [2.05, 4.69) is 60.9 Å². The Hall–Kier alpha value is -1.69. The maximum absolute atomic E-state index is 6.37. The van der Waals surface area contributed by atoms with E-state index in [-0.39, 0.29) is 12.2 Å². The molecule has 0 saturated carbocycles. The van der Waals surface area contributed by atoms with Crippen LogP contribution in [0.15, 0.2) is 12.4 Å². The standard InChI is InChI=1S/C19H31N5O/c1-6-7-8-15-10-23(11-18(25-15)14(4)5)17-9-16(13(2)3)22-24-12-20-21-19(17)24/h9,12-15,18H,6-8,10-11H2,1-5H3/t15-,18-/m1/s1. The molecule has 138 valence electrons. The minimum Gasteiger partial charge on any atom is -0.371 e. The smallest absolute Gasteiger partial charge is 0.200 e. The summed E-state index contributed by atoms with van der Waals surface area (Å²) in [7, 11) is 0. The molecular formula is C19H31N5O. The van der Waals surface area contributed by atoms with Gasteiger partial charge in [-0.25, -0.2) is 0 Å². The van der Waals surface area contributed by atoms with Crippen LogP contribution < -0.4 is 4.90 Å². The maximum atomic E-state index is 6.37. The molecule has 0 aliphatic carbocycles. The van der Waals surface area contributed by atoms with E-state index in [0.29, 0.717) is 11.8 Å². The lowest BCUT2D eigenvalue weighted by atomic mass is 10.0. The van der Waals surface area contributed by atoms with Gasteiger partial charge in [0.2, 0.25) is 5.65 Å². The van der Waals surface area contributed by atoms with Crippen molar-refractivity contribution in [2.24, 2.45) is 5.92 Å². The lowest BCUT2D eigenvalue weighted by Crippen LogP contribution is -2.49. The molecule has 0 radical (unpaired) electrons. The first-order chi connectivity index (χ1) is 12.0. The number of morpholine rings is 1. The zero-order valence-corrected chi connectivity index (χ0v) is 16.1. The van der Waals surface area contributed by atoms with Gasteiger partial charge in [-0.2, -0.15) is 9.61 Å². The first-order valence-electron chi connectivity index (χ1n) is 9.61. The summed E-state index contributed by atoms with van der Waals surface area (Å²) in [6.45, 7) is 12.9. The van der Waals surface area contributed by atoms with Crippen molar-refractivity contribution in [2.45, 2.75) is 72.0 Å². The van der Waals surface area contributed by atoms with E-state index in [1.165, 1.54) is 12.8 Å². The van der Waals surface area contributed by atoms with Crippen molar-refractivity contribution in [1.29, 1.82) is 0 Å². The molecule has 1 saturated heterocycles. The van der Waals surface area contributed by atoms with E-state index in [9.17, 15) is 0 Å². The molecule has 1 aliphatic rings. The zero-order chi connectivity index (χ0) is 18.0. The molecule has 25 heavy (non-hydrogen) atoms. The number of anilines is 1. The number of nitrogens with zero attached hydrogens (tertiary/aromatic N) is 5. The first-order valence-corrected chi connectivity index (χ1v) is 9.61. The molecule has 0 N–H and O–H groups in total. The van der Waals surface area contributed by atoms with Crippen LogP contribution in [-0.2, 0) is 4.74 Å². The van der Waals surface area contributed by atoms with Crippen LogP contribution in [0.5, 0.6) is 0 Å². The van der Waals surface area contributed by atoms with E-state index in [1.54, 1.807) is 6.33 Å². The molecule has 2 aromatic heterocycles. The fourth-order valence-corrected chi connectivity index (χ4v) is 3.37. The summed E-state index contributed by atoms with van der Waals surface area (Å²) in [5.41, 5.74) is 3.04. The highest BCUT2D eigenvalue weighted by atomic mass is 16.5. The monoisotopic (exact) mass is 345 g/mol. The van der Waals surface area contributed by atoms with Crippen LogP contribution in [0.1, 0.15) is 65.5 Å². The molecule has 0 aromatic carbocycles. The number of hydrogen-bond donors (Lipinski definition) is 0. The first kappa shape index (κ1) is 18.1. The van der Waals surface area contributed by atoms with E-state index in [4.69, 9.17) is 4.74 Å². The van der Waals surface area contributed by atoms with Crippen molar-refractivity contribution in [3.63, 3.8) is 0 Å². The number of fused-ring (bicyclic) bond motifs is 1. The minimum absolute atomic E-state index is 0.245. The van der Waals surface area contributed by atoms with Crippen LogP contribution >= 0.6 is 0 Å². The summed E-state index contributed by atoms with van der Waals surface area (Å²) in [5.74, 6) is 0.857. The summed E-state index contributed by atoms with van der Waals surface area (Å²) in [6, 6.07) is 2.19. The highest BCUT2D eigenvalue weighted by Gasteiger charge is 2.31. The second-order valence-corrected chi connectivity index (χ2v) is 7.80. The van der Waals surface area contributed by atoms with Gasteiger partial charge in [0.05, 0.1) is 23.6 Å². The third-order valence-corrected chi connectivity index (χ3v) is 5.01. The maximum Gasteiger partial charge on any atom is 0.200 e. The lowest BCUT2D eigenvalue weighted by Gasteiger charge is -2.41. The largest absolute Gasteiger partial charge is 0.371 e. The van der Waals surface area contributed by atoms with Crippen molar-refractivity contribution in [2.75, 3.05) is 18.0 Å². The molecule has 1 aliphatic heterocycles. The van der Waals surface area contributed by atoms with E-state index >= 15 is 0 Å². The molecule has 2 atom stereocenters. The SMILES string of the molecule is CCCC[C@@H]1CN(c2cc(C(C)C)nn3cnnc23)C[C@H](C(C)C)O1. The van der Waals surface area contributed by atoms with Gasteiger partial charge in [-0.05, 0) is 24.3 Å². The van der Waals surface area contributed by atoms with Crippen LogP contribution in [-0.4, -0.2) is 45.1 Å². The van der Waals surface area contributed by atoms with E-state index in [0.717, 1.165) is 36.5 Å². The molecule has 0 unspecified atom stereocenters. The minimum atomic E-state index is 0.245. The lowest BCUT2D eigenvalue weighted by molar-refractivity contribution is -0.0518. The fourth-order valence-electron chi connectivity index (χ4n) is 3.37. The number of ether oxygens (including phenoxy) is 1. The Labute approximate surface area is 150 Å². The number of unbranched alkanes of at least 4 members (excludes halogenated alkanes) is 1. The molecule has 6 heteroatoms. The summed E-state index contributed by atoms with van der Waals surface area (Å²) in [6.07, 6.45) is 5.74. The zero-order valence-electron chi connectivity index (χ0n) is 16.1. The molecule has 3 rings (SSSR count). The van der Waals surface area contributed by atoms with Crippen LogP contribution in [0, 0.1) is 5.92 Å². The van der Waals surface area contributed by atoms with Crippen molar-refractivity contribution in [3.8, 4) is 0 Å². The predicted molar refractivity (Wildman–Crippen MR) is 100 cm³/mol. The Bertz CT molecular complexity index is 696. The topological polar surface area (TPSA) is 55.6 Å². The Morgan fingerprint density at radius 3 is 2.72 bits per heavy atom. The van der Waals surface area contributed by atoms with Crippen molar-refractivity contribution >= 4 is 11.3 Å². The van der Waals surface area contributed by atoms with Gasteiger partial charge in [0.15, 0.2) is 0 Å². The van der Waals surface area contributed by atoms with Gasteiger partial charge in [-0.3, -0.25) is 0 Å². The number of hydrogen-bond acceptors (Lipinski definition) is 5. The Morgan fingerprint density at radius 2 is 2.04 bits per heavy atom. The van der Waals surface area contributed by atoms with Crippen molar-refractivity contribution in [1.82, 2.24) is 19.8 Å². The molecule has 1 fully saturated rings. The third kappa shape index (κ3) is 3.94. The Morgan fingerprint density at radius 1 is 1.24 bits per heavy atom. The highest BCUT2D eigenvalue weighted by molar-refractivity contribution is 5.68. The van der Waals surface area contributed by atoms with Crippen LogP contribution in [0.25, 0.3) is 5.65 Å². The molecule has 2 aromatic rings. The summed E-state index contributed by atoms with van der Waals surface area (Å²) in [5, 5.41) is 13.0. The second kappa shape index (κ2) is 7.68. The van der Waals surface area contributed by atoms with Crippen molar-refractivity contribution < 1.29 is 4.74 Å². The van der Waals surface area contributed by atoms with E-state index in [1.807, 2.05) is 4.52 Å². The molecule has 6 nitrogen and oxygen atoms in total. The highest BCUT2D eigenvalue weighted by Crippen LogP contribution is 2.29. The molecule has 0 amide bonds. The summed E-state index contributed by atoms with van der Waals surface area (Å²) < 4.78 is 8.18. The average Bonchev–Trinajstić information content (AvgIpc) is 3.07. The second-order valence-electron chi connectivity index (χ2n) is 7.80.